The first kappa shape index (κ1) is 10.9. The first-order valence-electron chi connectivity index (χ1n) is 5.20. The molecule has 0 saturated heterocycles. The molecule has 0 bridgehead atoms. The van der Waals surface area contributed by atoms with Crippen molar-refractivity contribution in [3.8, 4) is 0 Å². The lowest BCUT2D eigenvalue weighted by molar-refractivity contribution is 0.199. The average molecular weight is 230 g/mol. The van der Waals surface area contributed by atoms with Gasteiger partial charge in [0.25, 0.3) is 0 Å². The number of aromatic nitrogens is 2. The number of methoxy groups -OCH3 is 1. The van der Waals surface area contributed by atoms with Crippen LogP contribution in [0.4, 0.5) is 0 Å². The second-order valence-electron chi connectivity index (χ2n) is 3.91. The Bertz CT molecular complexity index is 351. The number of imidazole rings is 1. The Labute approximate surface area is 94.4 Å². The maximum Gasteiger partial charge on any atom is 0.150 e. The lowest BCUT2D eigenvalue weighted by Crippen LogP contribution is -2.31. The van der Waals surface area contributed by atoms with E-state index in [2.05, 4.69) is 9.55 Å². The fourth-order valence-electron chi connectivity index (χ4n) is 1.99. The van der Waals surface area contributed by atoms with Gasteiger partial charge in [0.1, 0.15) is 5.82 Å². The first-order chi connectivity index (χ1) is 7.22. The van der Waals surface area contributed by atoms with Gasteiger partial charge >= 0.3 is 0 Å². The summed E-state index contributed by atoms with van der Waals surface area (Å²) in [6.07, 6.45) is 2.64. The molecule has 1 unspecified atom stereocenters. The van der Waals surface area contributed by atoms with Gasteiger partial charge in [0.15, 0.2) is 5.15 Å². The predicted octanol–water partition coefficient (Wildman–Crippen LogP) is 0.999. The molecule has 1 atom stereocenters. The molecule has 0 aromatic carbocycles. The number of hydrogen-bond acceptors (Lipinski definition) is 3. The molecule has 1 aromatic rings. The van der Waals surface area contributed by atoms with E-state index in [9.17, 15) is 0 Å². The maximum atomic E-state index is 6.08. The van der Waals surface area contributed by atoms with Crippen LogP contribution in [0.3, 0.4) is 0 Å². The van der Waals surface area contributed by atoms with Crippen molar-refractivity contribution in [1.82, 2.24) is 9.55 Å². The minimum absolute atomic E-state index is 0.224. The van der Waals surface area contributed by atoms with Crippen LogP contribution in [-0.4, -0.2) is 29.3 Å². The Balaban J connectivity index is 2.23. The van der Waals surface area contributed by atoms with Crippen LogP contribution in [0.2, 0.25) is 5.15 Å². The van der Waals surface area contributed by atoms with E-state index in [1.54, 1.807) is 7.11 Å². The molecule has 2 rings (SSSR count). The summed E-state index contributed by atoms with van der Waals surface area (Å²) in [4.78, 5) is 4.36. The molecule has 1 aliphatic heterocycles. The van der Waals surface area contributed by atoms with Crippen LogP contribution in [0.5, 0.6) is 0 Å². The SMILES string of the molecule is COCCc1nc(Cl)c2n1CCC(N)C2. The van der Waals surface area contributed by atoms with E-state index in [1.807, 2.05) is 0 Å². The smallest absolute Gasteiger partial charge is 0.150 e. The topological polar surface area (TPSA) is 53.1 Å². The summed E-state index contributed by atoms with van der Waals surface area (Å²) in [5.74, 6) is 1.02. The summed E-state index contributed by atoms with van der Waals surface area (Å²) in [5, 5.41) is 0.608. The molecule has 1 aliphatic rings. The van der Waals surface area contributed by atoms with Gasteiger partial charge in [-0.25, -0.2) is 4.98 Å². The van der Waals surface area contributed by atoms with Crippen molar-refractivity contribution in [1.29, 1.82) is 0 Å². The van der Waals surface area contributed by atoms with Gasteiger partial charge in [0.2, 0.25) is 0 Å². The van der Waals surface area contributed by atoms with Crippen molar-refractivity contribution in [3.05, 3.63) is 16.7 Å². The summed E-state index contributed by atoms with van der Waals surface area (Å²) in [6.45, 7) is 1.61. The van der Waals surface area contributed by atoms with Crippen molar-refractivity contribution in [2.45, 2.75) is 31.8 Å². The molecular weight excluding hydrogens is 214 g/mol. The van der Waals surface area contributed by atoms with Gasteiger partial charge < -0.3 is 15.0 Å². The summed E-state index contributed by atoms with van der Waals surface area (Å²) < 4.78 is 7.23. The van der Waals surface area contributed by atoms with Crippen molar-refractivity contribution in [2.24, 2.45) is 5.73 Å². The molecular formula is C10H16ClN3O. The molecule has 0 saturated carbocycles. The molecule has 15 heavy (non-hydrogen) atoms. The first-order valence-corrected chi connectivity index (χ1v) is 5.58. The van der Waals surface area contributed by atoms with E-state index in [4.69, 9.17) is 22.1 Å². The van der Waals surface area contributed by atoms with Crippen LogP contribution >= 0.6 is 11.6 Å². The normalized spacial score (nSPS) is 20.3. The molecule has 0 amide bonds. The molecule has 0 spiro atoms. The van der Waals surface area contributed by atoms with Gasteiger partial charge in [-0.3, -0.25) is 0 Å². The van der Waals surface area contributed by atoms with Gasteiger partial charge in [0, 0.05) is 32.5 Å². The number of fused-ring (bicyclic) bond motifs is 1. The third-order valence-electron chi connectivity index (χ3n) is 2.81. The number of halogens is 1. The van der Waals surface area contributed by atoms with E-state index in [0.29, 0.717) is 11.8 Å². The minimum atomic E-state index is 0.224. The molecule has 1 aromatic heterocycles. The minimum Gasteiger partial charge on any atom is -0.384 e. The highest BCUT2D eigenvalue weighted by Crippen LogP contribution is 2.24. The zero-order valence-electron chi connectivity index (χ0n) is 8.87. The lowest BCUT2D eigenvalue weighted by Gasteiger charge is -2.21. The Kier molecular flexibility index (Phi) is 3.29. The molecule has 84 valence electrons. The quantitative estimate of drug-likeness (QED) is 0.842. The second-order valence-corrected chi connectivity index (χ2v) is 4.27. The summed E-state index contributed by atoms with van der Waals surface area (Å²) in [7, 11) is 1.69. The Morgan fingerprint density at radius 1 is 1.67 bits per heavy atom. The van der Waals surface area contributed by atoms with Gasteiger partial charge in [-0.05, 0) is 6.42 Å². The van der Waals surface area contributed by atoms with Gasteiger partial charge in [0.05, 0.1) is 12.3 Å². The third-order valence-corrected chi connectivity index (χ3v) is 3.11. The van der Waals surface area contributed by atoms with Gasteiger partial charge in [-0.1, -0.05) is 11.6 Å². The Morgan fingerprint density at radius 3 is 3.20 bits per heavy atom. The second kappa shape index (κ2) is 4.51. The van der Waals surface area contributed by atoms with Crippen molar-refractivity contribution < 1.29 is 4.74 Å². The largest absolute Gasteiger partial charge is 0.384 e. The molecule has 2 N–H and O–H groups in total. The third kappa shape index (κ3) is 2.17. The monoisotopic (exact) mass is 229 g/mol. The highest BCUT2D eigenvalue weighted by atomic mass is 35.5. The van der Waals surface area contributed by atoms with Crippen LogP contribution in [0.1, 0.15) is 17.9 Å². The molecule has 0 radical (unpaired) electrons. The molecule has 2 heterocycles. The van der Waals surface area contributed by atoms with Crippen LogP contribution in [0.15, 0.2) is 0 Å². The zero-order chi connectivity index (χ0) is 10.8. The van der Waals surface area contributed by atoms with Crippen LogP contribution in [-0.2, 0) is 24.1 Å². The van der Waals surface area contributed by atoms with E-state index in [1.165, 1.54) is 0 Å². The number of rotatable bonds is 3. The van der Waals surface area contributed by atoms with Gasteiger partial charge in [-0.15, -0.1) is 0 Å². The molecule has 0 fully saturated rings. The zero-order valence-corrected chi connectivity index (χ0v) is 9.63. The van der Waals surface area contributed by atoms with E-state index < -0.39 is 0 Å². The van der Waals surface area contributed by atoms with E-state index in [-0.39, 0.29) is 6.04 Å². The molecule has 0 aliphatic carbocycles. The fourth-order valence-corrected chi connectivity index (χ4v) is 2.27. The number of ether oxygens (including phenoxy) is 1. The number of nitrogens with two attached hydrogens (primary N) is 1. The average Bonchev–Trinajstić information content (AvgIpc) is 2.53. The standard InChI is InChI=1S/C10H16ClN3O/c1-15-5-3-9-13-10(11)8-6-7(12)2-4-14(8)9/h7H,2-6,12H2,1H3. The number of nitrogens with zero attached hydrogens (tertiary/aromatic N) is 2. The Morgan fingerprint density at radius 2 is 2.47 bits per heavy atom. The highest BCUT2D eigenvalue weighted by Gasteiger charge is 2.22. The van der Waals surface area contributed by atoms with Crippen molar-refractivity contribution >= 4 is 11.6 Å². The number of hydrogen-bond donors (Lipinski definition) is 1. The van der Waals surface area contributed by atoms with Crippen LogP contribution in [0.25, 0.3) is 0 Å². The Hall–Kier alpha value is -0.580. The maximum absolute atomic E-state index is 6.08. The van der Waals surface area contributed by atoms with Crippen molar-refractivity contribution in [2.75, 3.05) is 13.7 Å². The van der Waals surface area contributed by atoms with Crippen LogP contribution < -0.4 is 5.73 Å². The van der Waals surface area contributed by atoms with E-state index >= 15 is 0 Å². The fraction of sp³-hybridized carbons (Fsp3) is 0.700. The lowest BCUT2D eigenvalue weighted by atomic mass is 10.1. The van der Waals surface area contributed by atoms with E-state index in [0.717, 1.165) is 37.3 Å². The molecule has 4 nitrogen and oxygen atoms in total. The van der Waals surface area contributed by atoms with Crippen LogP contribution in [0, 0.1) is 0 Å². The predicted molar refractivity (Wildman–Crippen MR) is 59.1 cm³/mol. The highest BCUT2D eigenvalue weighted by molar-refractivity contribution is 6.30. The van der Waals surface area contributed by atoms with Gasteiger partial charge in [-0.2, -0.15) is 0 Å². The van der Waals surface area contributed by atoms with Crippen molar-refractivity contribution in [3.63, 3.8) is 0 Å². The summed E-state index contributed by atoms with van der Waals surface area (Å²) in [5.41, 5.74) is 6.99. The summed E-state index contributed by atoms with van der Waals surface area (Å²) in [6, 6.07) is 0.224. The molecule has 5 heteroatoms. The summed E-state index contributed by atoms with van der Waals surface area (Å²) >= 11 is 6.08.